The van der Waals surface area contributed by atoms with Crippen molar-refractivity contribution in [1.29, 1.82) is 0 Å². The molecule has 1 aromatic heterocycles. The van der Waals surface area contributed by atoms with Crippen LogP contribution in [0.2, 0.25) is 0 Å². The van der Waals surface area contributed by atoms with Gasteiger partial charge in [0.1, 0.15) is 5.82 Å². The van der Waals surface area contributed by atoms with Gasteiger partial charge in [-0.15, -0.1) is 0 Å². The Morgan fingerprint density at radius 3 is 2.90 bits per heavy atom. The molecule has 1 fully saturated rings. The zero-order valence-electron chi connectivity index (χ0n) is 12.4. The molecule has 1 saturated carbocycles. The number of carboxylic acids is 1. The fraction of sp³-hybridized carbons (Fsp3) is 0.500. The summed E-state index contributed by atoms with van der Waals surface area (Å²) in [5, 5.41) is 9.19. The third kappa shape index (κ3) is 2.42. The molecular formula is C16H20N2O3. The summed E-state index contributed by atoms with van der Waals surface area (Å²) < 4.78 is 7.68. The maximum atomic E-state index is 11.2. The van der Waals surface area contributed by atoms with Crippen molar-refractivity contribution < 1.29 is 14.6 Å². The summed E-state index contributed by atoms with van der Waals surface area (Å²) in [7, 11) is 1.75. The molecule has 1 aliphatic rings. The van der Waals surface area contributed by atoms with Crippen molar-refractivity contribution in [2.24, 2.45) is 0 Å². The number of hydrogen-bond acceptors (Lipinski definition) is 3. The van der Waals surface area contributed by atoms with Gasteiger partial charge in [0, 0.05) is 19.6 Å². The van der Waals surface area contributed by atoms with Gasteiger partial charge < -0.3 is 14.4 Å². The fourth-order valence-electron chi connectivity index (χ4n) is 3.30. The molecule has 1 heterocycles. The number of benzene rings is 1. The van der Waals surface area contributed by atoms with Crippen LogP contribution < -0.4 is 0 Å². The Bertz CT molecular complexity index is 677. The minimum Gasteiger partial charge on any atom is -0.478 e. The van der Waals surface area contributed by atoms with Crippen molar-refractivity contribution in [2.45, 2.75) is 44.8 Å². The number of imidazole rings is 1. The van der Waals surface area contributed by atoms with Crippen LogP contribution in [0.3, 0.4) is 0 Å². The summed E-state index contributed by atoms with van der Waals surface area (Å²) in [6.07, 6.45) is 4.19. The van der Waals surface area contributed by atoms with Crippen molar-refractivity contribution in [2.75, 3.05) is 7.11 Å². The maximum absolute atomic E-state index is 11.2. The predicted molar refractivity (Wildman–Crippen MR) is 79.8 cm³/mol. The normalized spacial score (nSPS) is 22.0. The van der Waals surface area contributed by atoms with E-state index in [-0.39, 0.29) is 0 Å². The smallest absolute Gasteiger partial charge is 0.335 e. The molecular weight excluding hydrogens is 268 g/mol. The highest BCUT2D eigenvalue weighted by molar-refractivity contribution is 5.92. The van der Waals surface area contributed by atoms with Gasteiger partial charge in [-0.1, -0.05) is 6.92 Å². The van der Waals surface area contributed by atoms with Gasteiger partial charge in [-0.05, 0) is 37.5 Å². The van der Waals surface area contributed by atoms with Crippen molar-refractivity contribution in [1.82, 2.24) is 9.55 Å². The van der Waals surface area contributed by atoms with Gasteiger partial charge >= 0.3 is 5.97 Å². The molecule has 5 heteroatoms. The second-order valence-electron chi connectivity index (χ2n) is 5.58. The molecule has 1 aliphatic carbocycles. The zero-order chi connectivity index (χ0) is 15.0. The number of nitrogens with zero attached hydrogens (tertiary/aromatic N) is 2. The highest BCUT2D eigenvalue weighted by Gasteiger charge is 2.28. The van der Waals surface area contributed by atoms with E-state index in [4.69, 9.17) is 4.74 Å². The summed E-state index contributed by atoms with van der Waals surface area (Å²) in [4.78, 5) is 15.9. The van der Waals surface area contributed by atoms with Crippen LogP contribution in [0, 0.1) is 0 Å². The number of carboxylic acid groups (broad SMARTS) is 1. The lowest BCUT2D eigenvalue weighted by atomic mass is 10.1. The number of fused-ring (bicyclic) bond motifs is 1. The lowest BCUT2D eigenvalue weighted by molar-refractivity contribution is 0.0697. The molecule has 0 amide bonds. The number of methoxy groups -OCH3 is 1. The Balaban J connectivity index is 2.10. The van der Waals surface area contributed by atoms with E-state index in [0.717, 1.165) is 42.5 Å². The first kappa shape index (κ1) is 14.1. The van der Waals surface area contributed by atoms with E-state index in [1.807, 2.05) is 0 Å². The number of hydrogen-bond donors (Lipinski definition) is 1. The fourth-order valence-corrected chi connectivity index (χ4v) is 3.30. The van der Waals surface area contributed by atoms with E-state index >= 15 is 0 Å². The number of aromatic carboxylic acids is 1. The molecule has 1 N–H and O–H groups in total. The zero-order valence-corrected chi connectivity index (χ0v) is 12.4. The van der Waals surface area contributed by atoms with Crippen molar-refractivity contribution >= 4 is 17.0 Å². The minimum absolute atomic E-state index is 0.291. The third-order valence-corrected chi connectivity index (χ3v) is 4.38. The van der Waals surface area contributed by atoms with Gasteiger partial charge in [0.15, 0.2) is 0 Å². The third-order valence-electron chi connectivity index (χ3n) is 4.38. The minimum atomic E-state index is -0.899. The predicted octanol–water partition coefficient (Wildman–Crippen LogP) is 3.04. The summed E-state index contributed by atoms with van der Waals surface area (Å²) in [5.41, 5.74) is 2.11. The largest absolute Gasteiger partial charge is 0.478 e. The standard InChI is InChI=1S/C16H20N2O3/c1-3-15-17-13-7-4-10(16(19)20)8-14(13)18(15)11-5-6-12(9-11)21-2/h4,7-8,11-12H,3,5-6,9H2,1-2H3,(H,19,20). The van der Waals surface area contributed by atoms with Gasteiger partial charge in [-0.3, -0.25) is 0 Å². The van der Waals surface area contributed by atoms with Crippen LogP contribution in [0.25, 0.3) is 11.0 Å². The number of aryl methyl sites for hydroxylation is 1. The first-order valence-electron chi connectivity index (χ1n) is 7.41. The number of carbonyl (C=O) groups is 1. The van der Waals surface area contributed by atoms with Crippen LogP contribution in [0.1, 0.15) is 48.4 Å². The lowest BCUT2D eigenvalue weighted by Crippen LogP contribution is -2.11. The van der Waals surface area contributed by atoms with Crippen LogP contribution in [-0.4, -0.2) is 33.8 Å². The number of aromatic nitrogens is 2. The van der Waals surface area contributed by atoms with E-state index < -0.39 is 5.97 Å². The molecule has 112 valence electrons. The van der Waals surface area contributed by atoms with Gasteiger partial charge in [0.05, 0.1) is 22.7 Å². The summed E-state index contributed by atoms with van der Waals surface area (Å²) >= 11 is 0. The van der Waals surface area contributed by atoms with Crippen LogP contribution in [-0.2, 0) is 11.2 Å². The van der Waals surface area contributed by atoms with E-state index in [2.05, 4.69) is 16.5 Å². The summed E-state index contributed by atoms with van der Waals surface area (Å²) in [6, 6.07) is 5.51. The van der Waals surface area contributed by atoms with Gasteiger partial charge in [-0.2, -0.15) is 0 Å². The van der Waals surface area contributed by atoms with E-state index in [1.54, 1.807) is 25.3 Å². The van der Waals surface area contributed by atoms with Gasteiger partial charge in [0.2, 0.25) is 0 Å². The molecule has 0 bridgehead atoms. The first-order chi connectivity index (χ1) is 10.1. The Morgan fingerprint density at radius 2 is 2.29 bits per heavy atom. The lowest BCUT2D eigenvalue weighted by Gasteiger charge is -2.16. The SMILES string of the molecule is CCc1nc2ccc(C(=O)O)cc2n1C1CCC(OC)C1. The van der Waals surface area contributed by atoms with E-state index in [1.165, 1.54) is 0 Å². The molecule has 0 saturated heterocycles. The average molecular weight is 288 g/mol. The molecule has 2 unspecified atom stereocenters. The highest BCUT2D eigenvalue weighted by Crippen LogP contribution is 2.35. The molecule has 2 aromatic rings. The van der Waals surface area contributed by atoms with Gasteiger partial charge in [-0.25, -0.2) is 9.78 Å². The van der Waals surface area contributed by atoms with Crippen LogP contribution in [0.5, 0.6) is 0 Å². The van der Waals surface area contributed by atoms with Crippen molar-refractivity contribution in [3.05, 3.63) is 29.6 Å². The number of rotatable bonds is 4. The van der Waals surface area contributed by atoms with Crippen LogP contribution in [0.4, 0.5) is 0 Å². The second-order valence-corrected chi connectivity index (χ2v) is 5.58. The molecule has 0 aliphatic heterocycles. The van der Waals surface area contributed by atoms with Gasteiger partial charge in [0.25, 0.3) is 0 Å². The number of ether oxygens (including phenoxy) is 1. The Labute approximate surface area is 123 Å². The Kier molecular flexibility index (Phi) is 3.68. The second kappa shape index (κ2) is 5.48. The molecule has 5 nitrogen and oxygen atoms in total. The molecule has 1 aromatic carbocycles. The Hall–Kier alpha value is -1.88. The average Bonchev–Trinajstić information content (AvgIpc) is 3.09. The molecule has 3 rings (SSSR count). The quantitative estimate of drug-likeness (QED) is 0.939. The van der Waals surface area contributed by atoms with Crippen LogP contribution >= 0.6 is 0 Å². The molecule has 2 atom stereocenters. The summed E-state index contributed by atoms with van der Waals surface area (Å²) in [6.45, 7) is 2.08. The van der Waals surface area contributed by atoms with Crippen molar-refractivity contribution in [3.63, 3.8) is 0 Å². The molecule has 0 radical (unpaired) electrons. The highest BCUT2D eigenvalue weighted by atomic mass is 16.5. The van der Waals surface area contributed by atoms with Crippen molar-refractivity contribution in [3.8, 4) is 0 Å². The van der Waals surface area contributed by atoms with E-state index in [0.29, 0.717) is 17.7 Å². The molecule has 0 spiro atoms. The van der Waals surface area contributed by atoms with E-state index in [9.17, 15) is 9.90 Å². The molecule has 21 heavy (non-hydrogen) atoms. The first-order valence-corrected chi connectivity index (χ1v) is 7.41. The van der Waals surface area contributed by atoms with Crippen LogP contribution in [0.15, 0.2) is 18.2 Å². The monoisotopic (exact) mass is 288 g/mol. The summed E-state index contributed by atoms with van der Waals surface area (Å²) in [5.74, 6) is 0.123. The topological polar surface area (TPSA) is 64.3 Å². The Morgan fingerprint density at radius 1 is 1.48 bits per heavy atom. The maximum Gasteiger partial charge on any atom is 0.335 e.